The molecule has 0 spiro atoms. The van der Waals surface area contributed by atoms with Crippen LogP contribution in [0.1, 0.15) is 33.6 Å². The summed E-state index contributed by atoms with van der Waals surface area (Å²) in [7, 11) is 3.43. The molecule has 2 aromatic rings. The summed E-state index contributed by atoms with van der Waals surface area (Å²) in [4.78, 5) is 28.9. The lowest BCUT2D eigenvalue weighted by molar-refractivity contribution is 0.0298. The van der Waals surface area contributed by atoms with Gasteiger partial charge in [0.15, 0.2) is 0 Å². The van der Waals surface area contributed by atoms with Gasteiger partial charge in [0.1, 0.15) is 10.8 Å². The molecule has 0 bridgehead atoms. The molecule has 0 aromatic carbocycles. The molecule has 0 fully saturated rings. The van der Waals surface area contributed by atoms with E-state index in [-0.39, 0.29) is 6.09 Å². The van der Waals surface area contributed by atoms with Crippen LogP contribution in [0.4, 0.5) is 10.7 Å². The van der Waals surface area contributed by atoms with Gasteiger partial charge in [-0.15, -0.1) is 0 Å². The molecular formula is C22H32ClN5O3. The van der Waals surface area contributed by atoms with Crippen LogP contribution in [0.25, 0.3) is 11.1 Å². The number of nitrogens with zero attached hydrogens (tertiary/aromatic N) is 5. The number of halogens is 1. The maximum absolute atomic E-state index is 12.1. The van der Waals surface area contributed by atoms with Crippen LogP contribution in [0.15, 0.2) is 30.7 Å². The molecular weight excluding hydrogens is 418 g/mol. The summed E-state index contributed by atoms with van der Waals surface area (Å²) in [6, 6.07) is 3.65. The Balaban J connectivity index is 2.00. The molecule has 2 heterocycles. The Morgan fingerprint density at radius 2 is 1.74 bits per heavy atom. The van der Waals surface area contributed by atoms with E-state index in [1.54, 1.807) is 43.7 Å². The first kappa shape index (κ1) is 24.8. The molecule has 0 aliphatic rings. The zero-order valence-electron chi connectivity index (χ0n) is 19.0. The molecule has 8 nitrogen and oxygen atoms in total. The van der Waals surface area contributed by atoms with Crippen LogP contribution in [0.2, 0.25) is 5.15 Å². The molecule has 0 N–H and O–H groups in total. The highest BCUT2D eigenvalue weighted by Gasteiger charge is 2.19. The Morgan fingerprint density at radius 3 is 2.35 bits per heavy atom. The smallest absolute Gasteiger partial charge is 0.410 e. The third-order valence-electron chi connectivity index (χ3n) is 4.38. The molecule has 0 atom stereocenters. The zero-order chi connectivity index (χ0) is 22.9. The van der Waals surface area contributed by atoms with E-state index in [9.17, 15) is 4.79 Å². The number of carbonyl (C=O) groups excluding carboxylic acids is 1. The number of ether oxygens (including phenoxy) is 2. The van der Waals surface area contributed by atoms with E-state index < -0.39 is 5.60 Å². The molecule has 31 heavy (non-hydrogen) atoms. The first-order valence-electron chi connectivity index (χ1n) is 10.3. The number of rotatable bonds is 10. The minimum atomic E-state index is -0.508. The van der Waals surface area contributed by atoms with Crippen molar-refractivity contribution in [2.45, 2.75) is 39.2 Å². The average Bonchev–Trinajstić information content (AvgIpc) is 2.71. The molecule has 0 unspecified atom stereocenters. The van der Waals surface area contributed by atoms with Crippen molar-refractivity contribution in [1.29, 1.82) is 0 Å². The number of anilines is 1. The largest absolute Gasteiger partial charge is 0.444 e. The molecule has 0 aliphatic heterocycles. The predicted molar refractivity (Wildman–Crippen MR) is 122 cm³/mol. The van der Waals surface area contributed by atoms with Crippen LogP contribution in [0, 0.1) is 0 Å². The Bertz CT molecular complexity index is 827. The van der Waals surface area contributed by atoms with Crippen LogP contribution < -0.4 is 4.90 Å². The molecule has 170 valence electrons. The number of methoxy groups -OCH3 is 1. The Hall–Kier alpha value is -2.45. The summed E-state index contributed by atoms with van der Waals surface area (Å²) >= 11 is 5.98. The number of carbonyl (C=O) groups is 1. The van der Waals surface area contributed by atoms with Crippen LogP contribution in [-0.4, -0.2) is 71.9 Å². The van der Waals surface area contributed by atoms with Crippen molar-refractivity contribution >= 4 is 23.6 Å². The minimum Gasteiger partial charge on any atom is -0.444 e. The zero-order valence-corrected chi connectivity index (χ0v) is 19.7. The second-order valence-corrected chi connectivity index (χ2v) is 8.62. The topological polar surface area (TPSA) is 80.7 Å². The van der Waals surface area contributed by atoms with Gasteiger partial charge >= 0.3 is 6.09 Å². The number of amides is 1. The van der Waals surface area contributed by atoms with Crippen molar-refractivity contribution in [3.8, 4) is 11.1 Å². The van der Waals surface area contributed by atoms with E-state index in [1.807, 2.05) is 26.8 Å². The quantitative estimate of drug-likeness (QED) is 0.395. The van der Waals surface area contributed by atoms with Gasteiger partial charge in [-0.25, -0.2) is 19.7 Å². The summed E-state index contributed by atoms with van der Waals surface area (Å²) < 4.78 is 10.6. The standard InChI is InChI=1S/C22H32ClN5O3/c1-22(2,3)31-21(29)27(4)10-6-11-28(12-7-13-30-5)20-25-15-18(16-26-20)17-8-9-24-19(23)14-17/h8-9,14-16H,6-7,10-13H2,1-5H3. The monoisotopic (exact) mass is 449 g/mol. The van der Waals surface area contributed by atoms with Crippen molar-refractivity contribution in [3.05, 3.63) is 35.9 Å². The highest BCUT2D eigenvalue weighted by molar-refractivity contribution is 6.29. The summed E-state index contributed by atoms with van der Waals surface area (Å²) in [6.07, 6.45) is 6.50. The maximum Gasteiger partial charge on any atom is 0.410 e. The average molecular weight is 450 g/mol. The van der Waals surface area contributed by atoms with Gasteiger partial charge in [0.2, 0.25) is 5.95 Å². The van der Waals surface area contributed by atoms with E-state index >= 15 is 0 Å². The molecule has 2 aromatic heterocycles. The van der Waals surface area contributed by atoms with Crippen LogP contribution in [0.5, 0.6) is 0 Å². The Morgan fingerprint density at radius 1 is 1.06 bits per heavy atom. The number of hydrogen-bond donors (Lipinski definition) is 0. The second kappa shape index (κ2) is 11.8. The first-order chi connectivity index (χ1) is 14.7. The number of aromatic nitrogens is 3. The molecule has 2 rings (SSSR count). The summed E-state index contributed by atoms with van der Waals surface area (Å²) in [6.45, 7) is 8.26. The van der Waals surface area contributed by atoms with E-state index in [0.29, 0.717) is 30.8 Å². The molecule has 1 amide bonds. The highest BCUT2D eigenvalue weighted by atomic mass is 35.5. The Kier molecular flexibility index (Phi) is 9.45. The van der Waals surface area contributed by atoms with Crippen LogP contribution >= 0.6 is 11.6 Å². The highest BCUT2D eigenvalue weighted by Crippen LogP contribution is 2.21. The van der Waals surface area contributed by atoms with Gasteiger partial charge in [0.25, 0.3) is 0 Å². The molecule has 0 saturated carbocycles. The fourth-order valence-corrected chi connectivity index (χ4v) is 3.03. The van der Waals surface area contributed by atoms with Gasteiger partial charge in [0.05, 0.1) is 0 Å². The molecule has 0 radical (unpaired) electrons. The lowest BCUT2D eigenvalue weighted by Gasteiger charge is -2.26. The fraction of sp³-hybridized carbons (Fsp3) is 0.545. The van der Waals surface area contributed by atoms with Crippen LogP contribution in [-0.2, 0) is 9.47 Å². The van der Waals surface area contributed by atoms with Gasteiger partial charge in [-0.3, -0.25) is 0 Å². The third-order valence-corrected chi connectivity index (χ3v) is 4.59. The van der Waals surface area contributed by atoms with Gasteiger partial charge in [-0.2, -0.15) is 0 Å². The predicted octanol–water partition coefficient (Wildman–Crippen LogP) is 4.29. The minimum absolute atomic E-state index is 0.324. The molecule has 9 heteroatoms. The van der Waals surface area contributed by atoms with Crippen molar-refractivity contribution in [2.24, 2.45) is 0 Å². The van der Waals surface area contributed by atoms with Gasteiger partial charge in [-0.1, -0.05) is 11.6 Å². The van der Waals surface area contributed by atoms with Crippen molar-refractivity contribution in [1.82, 2.24) is 19.9 Å². The third kappa shape index (κ3) is 8.67. The first-order valence-corrected chi connectivity index (χ1v) is 10.7. The van der Waals surface area contributed by atoms with Crippen molar-refractivity contribution in [2.75, 3.05) is 45.3 Å². The van der Waals surface area contributed by atoms with Crippen LogP contribution in [0.3, 0.4) is 0 Å². The SMILES string of the molecule is COCCCN(CCCN(C)C(=O)OC(C)(C)C)c1ncc(-c2ccnc(Cl)c2)cn1. The maximum atomic E-state index is 12.1. The lowest BCUT2D eigenvalue weighted by Crippen LogP contribution is -2.36. The van der Waals surface area contributed by atoms with E-state index in [0.717, 1.165) is 30.5 Å². The van der Waals surface area contributed by atoms with Gasteiger partial charge in [0, 0.05) is 64.6 Å². The van der Waals surface area contributed by atoms with Gasteiger partial charge < -0.3 is 19.3 Å². The second-order valence-electron chi connectivity index (χ2n) is 8.23. The molecule has 0 aliphatic carbocycles. The Labute approximate surface area is 189 Å². The van der Waals surface area contributed by atoms with Crippen molar-refractivity contribution < 1.29 is 14.3 Å². The lowest BCUT2D eigenvalue weighted by atomic mass is 10.1. The summed E-state index contributed by atoms with van der Waals surface area (Å²) in [5.74, 6) is 0.639. The van der Waals surface area contributed by atoms with Gasteiger partial charge in [-0.05, 0) is 51.3 Å². The van der Waals surface area contributed by atoms with E-state index in [2.05, 4.69) is 19.9 Å². The fourth-order valence-electron chi connectivity index (χ4n) is 2.86. The van der Waals surface area contributed by atoms with Crippen molar-refractivity contribution in [3.63, 3.8) is 0 Å². The number of hydrogen-bond acceptors (Lipinski definition) is 7. The summed E-state index contributed by atoms with van der Waals surface area (Å²) in [5.41, 5.74) is 1.28. The molecule has 0 saturated heterocycles. The van der Waals surface area contributed by atoms with E-state index in [4.69, 9.17) is 21.1 Å². The normalized spacial score (nSPS) is 11.3. The number of pyridine rings is 1. The summed E-state index contributed by atoms with van der Waals surface area (Å²) in [5, 5.41) is 0.428. The van der Waals surface area contributed by atoms with E-state index in [1.165, 1.54) is 0 Å².